The van der Waals surface area contributed by atoms with Crippen LogP contribution in [-0.2, 0) is 4.74 Å². The van der Waals surface area contributed by atoms with Crippen LogP contribution in [0.15, 0.2) is 42.5 Å². The van der Waals surface area contributed by atoms with E-state index in [4.69, 9.17) is 5.73 Å². The molecule has 7 nitrogen and oxygen atoms in total. The average Bonchev–Trinajstić information content (AvgIpc) is 2.54. The van der Waals surface area contributed by atoms with Crippen LogP contribution in [0.25, 0.3) is 0 Å². The van der Waals surface area contributed by atoms with Gasteiger partial charge in [0.2, 0.25) is 0 Å². The average molecular weight is 331 g/mol. The largest absolute Gasteiger partial charge is 0.453 e. The third-order valence-electron chi connectivity index (χ3n) is 3.09. The lowest BCUT2D eigenvalue weighted by molar-refractivity contribution is 0.0994. The highest BCUT2D eigenvalue weighted by atomic mass is 19.1. The van der Waals surface area contributed by atoms with Gasteiger partial charge in [0.1, 0.15) is 5.82 Å². The number of hydrogen-bond acceptors (Lipinski definition) is 4. The predicted octanol–water partition coefficient (Wildman–Crippen LogP) is 2.36. The summed E-state index contributed by atoms with van der Waals surface area (Å²) in [4.78, 5) is 34.6. The SMILES string of the molecule is COC(=O)Nc1ccccc1C(=O)Nc1ccc(C(N)=O)c(F)c1. The van der Waals surface area contributed by atoms with E-state index in [1.54, 1.807) is 12.1 Å². The second kappa shape index (κ2) is 7.23. The Morgan fingerprint density at radius 3 is 2.38 bits per heavy atom. The van der Waals surface area contributed by atoms with Crippen molar-refractivity contribution in [2.24, 2.45) is 5.73 Å². The number of nitrogens with two attached hydrogens (primary N) is 1. The Kier molecular flexibility index (Phi) is 5.10. The van der Waals surface area contributed by atoms with Crippen molar-refractivity contribution in [3.63, 3.8) is 0 Å². The third kappa shape index (κ3) is 3.86. The first-order valence-corrected chi connectivity index (χ1v) is 6.77. The topological polar surface area (TPSA) is 111 Å². The molecule has 2 rings (SSSR count). The van der Waals surface area contributed by atoms with Crippen molar-refractivity contribution in [2.45, 2.75) is 0 Å². The first-order chi connectivity index (χ1) is 11.4. The van der Waals surface area contributed by atoms with E-state index in [0.29, 0.717) is 0 Å². The zero-order chi connectivity index (χ0) is 17.7. The van der Waals surface area contributed by atoms with Crippen molar-refractivity contribution < 1.29 is 23.5 Å². The highest BCUT2D eigenvalue weighted by Crippen LogP contribution is 2.19. The van der Waals surface area contributed by atoms with E-state index in [-0.39, 0.29) is 22.5 Å². The van der Waals surface area contributed by atoms with Crippen molar-refractivity contribution >= 4 is 29.3 Å². The summed E-state index contributed by atoms with van der Waals surface area (Å²) in [6.45, 7) is 0. The molecule has 3 amide bonds. The fourth-order valence-corrected chi connectivity index (χ4v) is 1.94. The Balaban J connectivity index is 2.23. The fourth-order valence-electron chi connectivity index (χ4n) is 1.94. The van der Waals surface area contributed by atoms with Crippen LogP contribution in [0.5, 0.6) is 0 Å². The van der Waals surface area contributed by atoms with Crippen LogP contribution >= 0.6 is 0 Å². The summed E-state index contributed by atoms with van der Waals surface area (Å²) in [5.74, 6) is -2.33. The lowest BCUT2D eigenvalue weighted by Crippen LogP contribution is -2.18. The van der Waals surface area contributed by atoms with Gasteiger partial charge in [-0.05, 0) is 30.3 Å². The molecular weight excluding hydrogens is 317 g/mol. The summed E-state index contributed by atoms with van der Waals surface area (Å²) in [7, 11) is 1.20. The Bertz CT molecular complexity index is 808. The van der Waals surface area contributed by atoms with Crippen LogP contribution in [0.2, 0.25) is 0 Å². The smallest absolute Gasteiger partial charge is 0.411 e. The van der Waals surface area contributed by atoms with Crippen LogP contribution in [0.1, 0.15) is 20.7 Å². The van der Waals surface area contributed by atoms with E-state index >= 15 is 0 Å². The highest BCUT2D eigenvalue weighted by Gasteiger charge is 2.15. The molecule has 0 saturated carbocycles. The van der Waals surface area contributed by atoms with Crippen LogP contribution < -0.4 is 16.4 Å². The maximum absolute atomic E-state index is 13.7. The van der Waals surface area contributed by atoms with Gasteiger partial charge < -0.3 is 15.8 Å². The number of halogens is 1. The maximum atomic E-state index is 13.7. The number of rotatable bonds is 4. The molecule has 0 spiro atoms. The van der Waals surface area contributed by atoms with Gasteiger partial charge >= 0.3 is 6.09 Å². The number of hydrogen-bond donors (Lipinski definition) is 3. The van der Waals surface area contributed by atoms with Gasteiger partial charge in [-0.3, -0.25) is 14.9 Å². The zero-order valence-corrected chi connectivity index (χ0v) is 12.6. The van der Waals surface area contributed by atoms with Crippen molar-refractivity contribution in [2.75, 3.05) is 17.7 Å². The minimum absolute atomic E-state index is 0.135. The number of amides is 3. The quantitative estimate of drug-likeness (QED) is 0.798. The van der Waals surface area contributed by atoms with Crippen molar-refractivity contribution in [1.82, 2.24) is 0 Å². The number of anilines is 2. The van der Waals surface area contributed by atoms with Crippen molar-refractivity contribution in [3.8, 4) is 0 Å². The Morgan fingerprint density at radius 1 is 1.04 bits per heavy atom. The number of nitrogens with one attached hydrogen (secondary N) is 2. The lowest BCUT2D eigenvalue weighted by Gasteiger charge is -2.11. The molecule has 0 radical (unpaired) electrons. The molecule has 4 N–H and O–H groups in total. The minimum Gasteiger partial charge on any atom is -0.453 e. The van der Waals surface area contributed by atoms with E-state index in [9.17, 15) is 18.8 Å². The number of carbonyl (C=O) groups excluding carboxylic acids is 3. The van der Waals surface area contributed by atoms with Gasteiger partial charge in [-0.1, -0.05) is 12.1 Å². The first-order valence-electron chi connectivity index (χ1n) is 6.77. The minimum atomic E-state index is -0.905. The molecule has 0 saturated heterocycles. The van der Waals surface area contributed by atoms with Gasteiger partial charge in [-0.2, -0.15) is 0 Å². The Hall–Kier alpha value is -3.42. The van der Waals surface area contributed by atoms with Gasteiger partial charge in [0.15, 0.2) is 0 Å². The molecule has 2 aromatic carbocycles. The molecule has 24 heavy (non-hydrogen) atoms. The second-order valence-electron chi connectivity index (χ2n) is 4.68. The number of ether oxygens (including phenoxy) is 1. The summed E-state index contributed by atoms with van der Waals surface area (Å²) >= 11 is 0. The standard InChI is InChI=1S/C16H14FN3O4/c1-24-16(23)20-13-5-3-2-4-11(13)15(22)19-9-6-7-10(14(18)21)12(17)8-9/h2-8H,1H3,(H2,18,21)(H,19,22)(H,20,23). The number of carbonyl (C=O) groups is 3. The van der Waals surface area contributed by atoms with Crippen molar-refractivity contribution in [1.29, 1.82) is 0 Å². The molecule has 0 aliphatic carbocycles. The maximum Gasteiger partial charge on any atom is 0.411 e. The van der Waals surface area contributed by atoms with Gasteiger partial charge in [-0.15, -0.1) is 0 Å². The van der Waals surface area contributed by atoms with E-state index in [1.165, 1.54) is 31.4 Å². The van der Waals surface area contributed by atoms with Crippen LogP contribution in [0.4, 0.5) is 20.6 Å². The normalized spacial score (nSPS) is 9.92. The van der Waals surface area contributed by atoms with E-state index < -0.39 is 23.7 Å². The number of benzene rings is 2. The summed E-state index contributed by atoms with van der Waals surface area (Å²) in [5, 5.41) is 4.88. The molecule has 0 aromatic heterocycles. The van der Waals surface area contributed by atoms with Gasteiger partial charge in [0.25, 0.3) is 11.8 Å². The molecule has 124 valence electrons. The van der Waals surface area contributed by atoms with E-state index in [2.05, 4.69) is 15.4 Å². The van der Waals surface area contributed by atoms with Crippen LogP contribution in [0, 0.1) is 5.82 Å². The highest BCUT2D eigenvalue weighted by molar-refractivity contribution is 6.09. The third-order valence-corrected chi connectivity index (χ3v) is 3.09. The van der Waals surface area contributed by atoms with Crippen LogP contribution in [0.3, 0.4) is 0 Å². The molecule has 8 heteroatoms. The number of para-hydroxylation sites is 1. The summed E-state index contributed by atoms with van der Waals surface area (Å²) < 4.78 is 18.2. The van der Waals surface area contributed by atoms with E-state index in [0.717, 1.165) is 6.07 Å². The number of primary amides is 1. The second-order valence-corrected chi connectivity index (χ2v) is 4.68. The van der Waals surface area contributed by atoms with Gasteiger partial charge in [0.05, 0.1) is 23.9 Å². The summed E-state index contributed by atoms with van der Waals surface area (Å²) in [6, 6.07) is 9.73. The fraction of sp³-hybridized carbons (Fsp3) is 0.0625. The molecule has 0 aliphatic heterocycles. The Labute approximate surface area is 136 Å². The molecule has 0 bridgehead atoms. The Morgan fingerprint density at radius 2 is 1.75 bits per heavy atom. The van der Waals surface area contributed by atoms with Gasteiger partial charge in [-0.25, -0.2) is 9.18 Å². The zero-order valence-electron chi connectivity index (χ0n) is 12.6. The first kappa shape index (κ1) is 16.9. The predicted molar refractivity (Wildman–Crippen MR) is 85.3 cm³/mol. The molecular formula is C16H14FN3O4. The summed E-state index contributed by atoms with van der Waals surface area (Å²) in [5.41, 5.74) is 5.26. The molecule has 0 fully saturated rings. The lowest BCUT2D eigenvalue weighted by atomic mass is 10.1. The molecule has 0 aliphatic rings. The molecule has 2 aromatic rings. The number of methoxy groups -OCH3 is 1. The monoisotopic (exact) mass is 331 g/mol. The molecule has 0 atom stereocenters. The van der Waals surface area contributed by atoms with Gasteiger partial charge in [0, 0.05) is 5.69 Å². The van der Waals surface area contributed by atoms with Crippen molar-refractivity contribution in [3.05, 3.63) is 59.4 Å². The van der Waals surface area contributed by atoms with E-state index in [1.807, 2.05) is 0 Å². The molecule has 0 heterocycles. The summed E-state index contributed by atoms with van der Waals surface area (Å²) in [6.07, 6.45) is -0.730. The van der Waals surface area contributed by atoms with Crippen LogP contribution in [-0.4, -0.2) is 25.0 Å². The molecule has 0 unspecified atom stereocenters.